The number of carbonyl (C=O) groups is 1. The summed E-state index contributed by atoms with van der Waals surface area (Å²) in [4.78, 5) is 10.7. The van der Waals surface area contributed by atoms with Gasteiger partial charge in [0.1, 0.15) is 11.5 Å². The number of hydrogen-bond donors (Lipinski definition) is 1. The molecule has 0 atom stereocenters. The van der Waals surface area contributed by atoms with Crippen LogP contribution in [0.5, 0.6) is 11.5 Å². The van der Waals surface area contributed by atoms with Crippen LogP contribution in [0.15, 0.2) is 42.5 Å². The van der Waals surface area contributed by atoms with E-state index < -0.39 is 12.1 Å². The molecule has 0 radical (unpaired) electrons. The predicted octanol–water partition coefficient (Wildman–Crippen LogP) is 3.77. The molecule has 0 fully saturated rings. The number of phenols is 1. The number of carbonyl (C=O) groups excluding carboxylic acids is 1. The Morgan fingerprint density at radius 1 is 1.10 bits per heavy atom. The molecule has 6 heteroatoms. The van der Waals surface area contributed by atoms with E-state index in [0.717, 1.165) is 12.1 Å². The molecule has 0 saturated carbocycles. The summed E-state index contributed by atoms with van der Waals surface area (Å²) in [6.07, 6.45) is -4.32. The van der Waals surface area contributed by atoms with Crippen molar-refractivity contribution >= 4 is 6.29 Å². The van der Waals surface area contributed by atoms with Crippen molar-refractivity contribution in [2.24, 2.45) is 0 Å². The fraction of sp³-hybridized carbons (Fsp3) is 0.0714. The van der Waals surface area contributed by atoms with Gasteiger partial charge in [0, 0.05) is 5.56 Å². The molecule has 3 nitrogen and oxygen atoms in total. The van der Waals surface area contributed by atoms with Crippen LogP contribution in [0.25, 0.3) is 11.1 Å². The molecule has 0 bridgehead atoms. The SMILES string of the molecule is O=Cc1cccc(-c2cccc(OC(F)(F)F)c2)c1O. The van der Waals surface area contributed by atoms with Crippen molar-refractivity contribution in [3.8, 4) is 22.6 Å². The summed E-state index contributed by atoms with van der Waals surface area (Å²) in [5.41, 5.74) is 0.625. The molecule has 0 aliphatic carbocycles. The van der Waals surface area contributed by atoms with Crippen LogP contribution >= 0.6 is 0 Å². The molecule has 2 rings (SSSR count). The van der Waals surface area contributed by atoms with Crippen molar-refractivity contribution in [3.05, 3.63) is 48.0 Å². The Hall–Kier alpha value is -2.50. The summed E-state index contributed by atoms with van der Waals surface area (Å²) >= 11 is 0. The molecule has 0 saturated heterocycles. The monoisotopic (exact) mass is 282 g/mol. The number of alkyl halides is 3. The number of halogens is 3. The zero-order valence-electron chi connectivity index (χ0n) is 10.0. The third kappa shape index (κ3) is 3.09. The number of aromatic hydroxyl groups is 1. The molecule has 1 N–H and O–H groups in total. The predicted molar refractivity (Wildman–Crippen MR) is 65.6 cm³/mol. The first-order chi connectivity index (χ1) is 9.40. The number of benzene rings is 2. The summed E-state index contributed by atoms with van der Waals surface area (Å²) < 4.78 is 40.3. The summed E-state index contributed by atoms with van der Waals surface area (Å²) in [6, 6.07) is 9.58. The van der Waals surface area contributed by atoms with Gasteiger partial charge in [-0.3, -0.25) is 4.79 Å². The van der Waals surface area contributed by atoms with Crippen molar-refractivity contribution < 1.29 is 27.8 Å². The van der Waals surface area contributed by atoms with Crippen LogP contribution in [0.4, 0.5) is 13.2 Å². The van der Waals surface area contributed by atoms with E-state index in [4.69, 9.17) is 0 Å². The van der Waals surface area contributed by atoms with Gasteiger partial charge in [0.15, 0.2) is 6.29 Å². The van der Waals surface area contributed by atoms with E-state index in [9.17, 15) is 23.1 Å². The van der Waals surface area contributed by atoms with Crippen LogP contribution in [0, 0.1) is 0 Å². The van der Waals surface area contributed by atoms with E-state index in [-0.39, 0.29) is 16.9 Å². The van der Waals surface area contributed by atoms with E-state index in [2.05, 4.69) is 4.74 Å². The number of ether oxygens (including phenoxy) is 1. The molecule has 104 valence electrons. The van der Waals surface area contributed by atoms with Gasteiger partial charge in [0.05, 0.1) is 5.56 Å². The van der Waals surface area contributed by atoms with Crippen molar-refractivity contribution in [2.45, 2.75) is 6.36 Å². The quantitative estimate of drug-likeness (QED) is 0.872. The van der Waals surface area contributed by atoms with Gasteiger partial charge in [-0.1, -0.05) is 24.3 Å². The Kier molecular flexibility index (Phi) is 3.65. The first-order valence-electron chi connectivity index (χ1n) is 5.54. The first-order valence-corrected chi connectivity index (χ1v) is 5.54. The van der Waals surface area contributed by atoms with Crippen molar-refractivity contribution in [2.75, 3.05) is 0 Å². The zero-order chi connectivity index (χ0) is 14.8. The van der Waals surface area contributed by atoms with Crippen LogP contribution in [-0.2, 0) is 0 Å². The first kappa shape index (κ1) is 13.9. The van der Waals surface area contributed by atoms with Crippen molar-refractivity contribution in [1.29, 1.82) is 0 Å². The highest BCUT2D eigenvalue weighted by Gasteiger charge is 2.31. The highest BCUT2D eigenvalue weighted by Crippen LogP contribution is 2.34. The van der Waals surface area contributed by atoms with Gasteiger partial charge in [-0.2, -0.15) is 0 Å². The summed E-state index contributed by atoms with van der Waals surface area (Å²) in [5, 5.41) is 9.87. The maximum Gasteiger partial charge on any atom is 0.573 e. The Morgan fingerprint density at radius 3 is 2.45 bits per heavy atom. The lowest BCUT2D eigenvalue weighted by atomic mass is 10.0. The van der Waals surface area contributed by atoms with Crippen LogP contribution in [0.2, 0.25) is 0 Å². The minimum atomic E-state index is -4.79. The number of hydrogen-bond acceptors (Lipinski definition) is 3. The van der Waals surface area contributed by atoms with E-state index in [1.54, 1.807) is 0 Å². The van der Waals surface area contributed by atoms with Crippen molar-refractivity contribution in [3.63, 3.8) is 0 Å². The summed E-state index contributed by atoms with van der Waals surface area (Å²) in [5.74, 6) is -0.683. The maximum atomic E-state index is 12.2. The van der Waals surface area contributed by atoms with E-state index in [0.29, 0.717) is 11.8 Å². The van der Waals surface area contributed by atoms with Gasteiger partial charge in [-0.05, 0) is 23.8 Å². The fourth-order valence-corrected chi connectivity index (χ4v) is 1.75. The standard InChI is InChI=1S/C14H9F3O3/c15-14(16,17)20-11-5-1-3-9(7-11)12-6-2-4-10(8-18)13(12)19/h1-8,19H. The lowest BCUT2D eigenvalue weighted by molar-refractivity contribution is -0.274. The third-order valence-electron chi connectivity index (χ3n) is 2.57. The summed E-state index contributed by atoms with van der Waals surface area (Å²) in [7, 11) is 0. The Labute approximate surface area is 112 Å². The van der Waals surface area contributed by atoms with Crippen LogP contribution in [0.3, 0.4) is 0 Å². The van der Waals surface area contributed by atoms with Crippen LogP contribution in [0.1, 0.15) is 10.4 Å². The highest BCUT2D eigenvalue weighted by molar-refractivity contribution is 5.85. The molecule has 2 aromatic rings. The molecule has 0 aliphatic heterocycles. The molecular formula is C14H9F3O3. The third-order valence-corrected chi connectivity index (χ3v) is 2.57. The maximum absolute atomic E-state index is 12.2. The molecule has 0 amide bonds. The smallest absolute Gasteiger partial charge is 0.507 e. The number of rotatable bonds is 3. The lowest BCUT2D eigenvalue weighted by Crippen LogP contribution is -2.17. The molecule has 2 aromatic carbocycles. The molecule has 0 heterocycles. The normalized spacial score (nSPS) is 11.2. The van der Waals surface area contributed by atoms with E-state index in [1.807, 2.05) is 0 Å². The van der Waals surface area contributed by atoms with Crippen molar-refractivity contribution in [1.82, 2.24) is 0 Å². The van der Waals surface area contributed by atoms with Gasteiger partial charge < -0.3 is 9.84 Å². The molecule has 0 unspecified atom stereocenters. The fourth-order valence-electron chi connectivity index (χ4n) is 1.75. The second-order valence-electron chi connectivity index (χ2n) is 3.94. The van der Waals surface area contributed by atoms with Gasteiger partial charge >= 0.3 is 6.36 Å². The minimum absolute atomic E-state index is 0.0599. The average molecular weight is 282 g/mol. The minimum Gasteiger partial charge on any atom is -0.507 e. The van der Waals surface area contributed by atoms with Gasteiger partial charge in [0.25, 0.3) is 0 Å². The summed E-state index contributed by atoms with van der Waals surface area (Å²) in [6.45, 7) is 0. The van der Waals surface area contributed by atoms with Crippen LogP contribution < -0.4 is 4.74 Å². The molecule has 0 aromatic heterocycles. The Balaban J connectivity index is 2.44. The lowest BCUT2D eigenvalue weighted by Gasteiger charge is -2.11. The number of aldehydes is 1. The number of para-hydroxylation sites is 1. The molecule has 20 heavy (non-hydrogen) atoms. The van der Waals surface area contributed by atoms with Gasteiger partial charge in [0.2, 0.25) is 0 Å². The highest BCUT2D eigenvalue weighted by atomic mass is 19.4. The number of phenolic OH excluding ortho intramolecular Hbond substituents is 1. The zero-order valence-corrected chi connectivity index (χ0v) is 10.0. The van der Waals surface area contributed by atoms with E-state index in [1.165, 1.54) is 30.3 Å². The Morgan fingerprint density at radius 2 is 1.80 bits per heavy atom. The van der Waals surface area contributed by atoms with Gasteiger partial charge in [-0.15, -0.1) is 13.2 Å². The second kappa shape index (κ2) is 5.24. The largest absolute Gasteiger partial charge is 0.573 e. The average Bonchev–Trinajstić information content (AvgIpc) is 2.37. The van der Waals surface area contributed by atoms with Gasteiger partial charge in [-0.25, -0.2) is 0 Å². The molecule has 0 spiro atoms. The Bertz CT molecular complexity index is 636. The molecule has 0 aliphatic rings. The van der Waals surface area contributed by atoms with Crippen LogP contribution in [-0.4, -0.2) is 17.8 Å². The second-order valence-corrected chi connectivity index (χ2v) is 3.94. The van der Waals surface area contributed by atoms with E-state index >= 15 is 0 Å². The molecular weight excluding hydrogens is 273 g/mol. The topological polar surface area (TPSA) is 46.5 Å².